The number of hydrogen-bond acceptors (Lipinski definition) is 6. The molecule has 0 aliphatic carbocycles. The molecule has 1 aromatic carbocycles. The zero-order valence-corrected chi connectivity index (χ0v) is 14.4. The number of ether oxygens (including phenoxy) is 1. The maximum Gasteiger partial charge on any atom is 0.388 e. The molecule has 0 unspecified atom stereocenters. The fourth-order valence-electron chi connectivity index (χ4n) is 2.58. The molecule has 0 radical (unpaired) electrons. The number of nitrogens with zero attached hydrogens (tertiary/aromatic N) is 4. The molecule has 5 nitrogen and oxygen atoms in total. The Balaban J connectivity index is 1.80. The smallest absolute Gasteiger partial charge is 0.388 e. The lowest BCUT2D eigenvalue weighted by molar-refractivity contribution is -0.0528. The van der Waals surface area contributed by atoms with Crippen molar-refractivity contribution in [3.63, 3.8) is 0 Å². The maximum atomic E-state index is 12.4. The summed E-state index contributed by atoms with van der Waals surface area (Å²) in [4.78, 5) is 18.1. The fourth-order valence-corrected chi connectivity index (χ4v) is 3.49. The molecular formula is C18H12F2N4OS. The Labute approximate surface area is 151 Å². The second kappa shape index (κ2) is 6.72. The molecule has 0 atom stereocenters. The molecule has 0 N–H and O–H groups in total. The molecule has 26 heavy (non-hydrogen) atoms. The molecule has 0 aliphatic heterocycles. The predicted octanol–water partition coefficient (Wildman–Crippen LogP) is 4.73. The highest BCUT2D eigenvalue weighted by Crippen LogP contribution is 2.35. The van der Waals surface area contributed by atoms with Crippen molar-refractivity contribution < 1.29 is 13.5 Å². The van der Waals surface area contributed by atoms with E-state index in [0.717, 1.165) is 26.7 Å². The minimum absolute atomic E-state index is 0.211. The monoisotopic (exact) mass is 370 g/mol. The van der Waals surface area contributed by atoms with Gasteiger partial charge in [0.25, 0.3) is 0 Å². The standard InChI is InChI=1S/C18H12F2N4OS/c1-10-6-11(16-13(7-10)24-15(9-22-16)25-18(19)20)17-23-8-14(26-17)12-4-2-3-5-21-12/h2-9,18H,1H3. The maximum absolute atomic E-state index is 12.4. The molecule has 4 rings (SSSR count). The lowest BCUT2D eigenvalue weighted by Gasteiger charge is -2.07. The van der Waals surface area contributed by atoms with E-state index in [1.807, 2.05) is 31.2 Å². The molecule has 0 amide bonds. The summed E-state index contributed by atoms with van der Waals surface area (Å²) in [7, 11) is 0. The molecule has 0 spiro atoms. The van der Waals surface area contributed by atoms with E-state index in [-0.39, 0.29) is 5.88 Å². The molecule has 0 saturated heterocycles. The summed E-state index contributed by atoms with van der Waals surface area (Å²) in [6, 6.07) is 9.41. The van der Waals surface area contributed by atoms with Crippen molar-refractivity contribution in [2.24, 2.45) is 0 Å². The van der Waals surface area contributed by atoms with Crippen molar-refractivity contribution in [1.82, 2.24) is 19.9 Å². The highest BCUT2D eigenvalue weighted by molar-refractivity contribution is 7.18. The van der Waals surface area contributed by atoms with Gasteiger partial charge in [-0.1, -0.05) is 6.07 Å². The van der Waals surface area contributed by atoms with Crippen LogP contribution in [0.4, 0.5) is 8.78 Å². The highest BCUT2D eigenvalue weighted by Gasteiger charge is 2.14. The number of fused-ring (bicyclic) bond motifs is 1. The molecule has 4 aromatic rings. The van der Waals surface area contributed by atoms with E-state index in [0.29, 0.717) is 11.0 Å². The van der Waals surface area contributed by atoms with Crippen LogP contribution in [0.25, 0.3) is 32.2 Å². The SMILES string of the molecule is Cc1cc(-c2ncc(-c3ccccn3)s2)c2ncc(OC(F)F)nc2c1. The van der Waals surface area contributed by atoms with Crippen LogP contribution in [0.2, 0.25) is 0 Å². The van der Waals surface area contributed by atoms with Crippen LogP contribution in [-0.4, -0.2) is 26.5 Å². The largest absolute Gasteiger partial charge is 0.415 e. The van der Waals surface area contributed by atoms with Gasteiger partial charge in [-0.2, -0.15) is 8.78 Å². The fraction of sp³-hybridized carbons (Fsp3) is 0.111. The summed E-state index contributed by atoms with van der Waals surface area (Å²) in [6.07, 6.45) is 4.69. The average molecular weight is 370 g/mol. The van der Waals surface area contributed by atoms with Crippen LogP contribution >= 0.6 is 11.3 Å². The van der Waals surface area contributed by atoms with Crippen molar-refractivity contribution in [3.8, 4) is 27.0 Å². The molecule has 3 aromatic heterocycles. The Morgan fingerprint density at radius 1 is 1.08 bits per heavy atom. The number of benzene rings is 1. The third-order valence-corrected chi connectivity index (χ3v) is 4.69. The summed E-state index contributed by atoms with van der Waals surface area (Å²) >= 11 is 1.48. The molecule has 130 valence electrons. The van der Waals surface area contributed by atoms with Crippen molar-refractivity contribution in [2.75, 3.05) is 0 Å². The Morgan fingerprint density at radius 3 is 2.73 bits per heavy atom. The van der Waals surface area contributed by atoms with Gasteiger partial charge in [-0.15, -0.1) is 11.3 Å². The van der Waals surface area contributed by atoms with E-state index < -0.39 is 6.61 Å². The summed E-state index contributed by atoms with van der Waals surface area (Å²) in [5.74, 6) is -0.211. The second-order valence-electron chi connectivity index (χ2n) is 5.51. The first-order valence-electron chi connectivity index (χ1n) is 7.70. The number of rotatable bonds is 4. The Morgan fingerprint density at radius 2 is 1.96 bits per heavy atom. The van der Waals surface area contributed by atoms with Gasteiger partial charge in [-0.05, 0) is 36.8 Å². The minimum Gasteiger partial charge on any atom is -0.415 e. The minimum atomic E-state index is -2.94. The quantitative estimate of drug-likeness (QED) is 0.520. The molecule has 0 saturated carbocycles. The third-order valence-electron chi connectivity index (χ3n) is 3.63. The van der Waals surface area contributed by atoms with Crippen LogP contribution in [0, 0.1) is 6.92 Å². The van der Waals surface area contributed by atoms with Crippen molar-refractivity contribution in [3.05, 3.63) is 54.5 Å². The van der Waals surface area contributed by atoms with Gasteiger partial charge in [-0.25, -0.2) is 15.0 Å². The molecule has 3 heterocycles. The van der Waals surface area contributed by atoms with Gasteiger partial charge in [0.2, 0.25) is 5.88 Å². The van der Waals surface area contributed by atoms with Gasteiger partial charge >= 0.3 is 6.61 Å². The predicted molar refractivity (Wildman–Crippen MR) is 95.2 cm³/mol. The Bertz CT molecular complexity index is 1070. The first-order valence-corrected chi connectivity index (χ1v) is 8.51. The lowest BCUT2D eigenvalue weighted by Crippen LogP contribution is -2.04. The normalized spacial score (nSPS) is 11.2. The Hall–Kier alpha value is -3.00. The molecule has 0 aliphatic rings. The van der Waals surface area contributed by atoms with Gasteiger partial charge in [0, 0.05) is 18.0 Å². The molecular weight excluding hydrogens is 358 g/mol. The zero-order valence-electron chi connectivity index (χ0n) is 13.6. The number of halogens is 2. The van der Waals surface area contributed by atoms with Crippen molar-refractivity contribution >= 4 is 22.4 Å². The first-order chi connectivity index (χ1) is 12.6. The summed E-state index contributed by atoms with van der Waals surface area (Å²) < 4.78 is 29.1. The average Bonchev–Trinajstić information content (AvgIpc) is 3.11. The van der Waals surface area contributed by atoms with E-state index >= 15 is 0 Å². The van der Waals surface area contributed by atoms with Crippen LogP contribution in [0.15, 0.2) is 48.9 Å². The van der Waals surface area contributed by atoms with E-state index in [1.54, 1.807) is 18.5 Å². The van der Waals surface area contributed by atoms with Gasteiger partial charge in [-0.3, -0.25) is 4.98 Å². The molecule has 8 heteroatoms. The second-order valence-corrected chi connectivity index (χ2v) is 6.54. The number of thiazole rings is 1. The first kappa shape index (κ1) is 16.5. The van der Waals surface area contributed by atoms with Gasteiger partial charge in [0.05, 0.1) is 27.8 Å². The molecule has 0 bridgehead atoms. The number of aryl methyl sites for hydroxylation is 1. The number of aromatic nitrogens is 4. The van der Waals surface area contributed by atoms with E-state index in [4.69, 9.17) is 0 Å². The Kier molecular flexibility index (Phi) is 4.26. The van der Waals surface area contributed by atoms with Gasteiger partial charge in [0.15, 0.2) is 0 Å². The summed E-state index contributed by atoms with van der Waals surface area (Å²) in [6.45, 7) is -1.04. The zero-order chi connectivity index (χ0) is 18.1. The van der Waals surface area contributed by atoms with Gasteiger partial charge in [0.1, 0.15) is 5.01 Å². The number of pyridine rings is 1. The van der Waals surface area contributed by atoms with E-state index in [9.17, 15) is 8.78 Å². The lowest BCUT2D eigenvalue weighted by atomic mass is 10.1. The van der Waals surface area contributed by atoms with Crippen LogP contribution in [0.3, 0.4) is 0 Å². The van der Waals surface area contributed by atoms with Crippen LogP contribution in [0.1, 0.15) is 5.56 Å². The van der Waals surface area contributed by atoms with E-state index in [1.165, 1.54) is 17.5 Å². The third kappa shape index (κ3) is 3.23. The van der Waals surface area contributed by atoms with Crippen LogP contribution < -0.4 is 4.74 Å². The summed E-state index contributed by atoms with van der Waals surface area (Å²) in [5.41, 5.74) is 3.62. The van der Waals surface area contributed by atoms with E-state index in [2.05, 4.69) is 24.7 Å². The number of alkyl halides is 2. The summed E-state index contributed by atoms with van der Waals surface area (Å²) in [5, 5.41) is 0.760. The van der Waals surface area contributed by atoms with Crippen LogP contribution in [-0.2, 0) is 0 Å². The highest BCUT2D eigenvalue weighted by atomic mass is 32.1. The number of hydrogen-bond donors (Lipinski definition) is 0. The van der Waals surface area contributed by atoms with Gasteiger partial charge < -0.3 is 4.74 Å². The van der Waals surface area contributed by atoms with Crippen molar-refractivity contribution in [2.45, 2.75) is 13.5 Å². The molecule has 0 fully saturated rings. The van der Waals surface area contributed by atoms with Crippen molar-refractivity contribution in [1.29, 1.82) is 0 Å². The topological polar surface area (TPSA) is 60.8 Å². The van der Waals surface area contributed by atoms with Crippen LogP contribution in [0.5, 0.6) is 5.88 Å².